The Morgan fingerprint density at radius 2 is 1.63 bits per heavy atom. The van der Waals surface area contributed by atoms with Crippen molar-refractivity contribution in [3.8, 4) is 11.5 Å². The number of benzene rings is 3. The fraction of sp³-hybridized carbons (Fsp3) is 0.240. The van der Waals surface area contributed by atoms with E-state index in [9.17, 15) is 0 Å². The molecule has 0 aromatic heterocycles. The molecule has 3 aromatic carbocycles. The summed E-state index contributed by atoms with van der Waals surface area (Å²) in [7, 11) is 1.67. The maximum Gasteiger partial charge on any atom is 0.174 e. The monoisotopic (exact) mass is 420 g/mol. The van der Waals surface area contributed by atoms with Gasteiger partial charge in [0.2, 0.25) is 0 Å². The number of aryl methyl sites for hydroxylation is 1. The Bertz CT molecular complexity index is 973. The molecule has 5 heteroatoms. The van der Waals surface area contributed by atoms with Crippen LogP contribution in [0.5, 0.6) is 11.5 Å². The van der Waals surface area contributed by atoms with Crippen molar-refractivity contribution in [2.75, 3.05) is 19.0 Å². The van der Waals surface area contributed by atoms with Crippen LogP contribution in [0.15, 0.2) is 72.8 Å². The minimum absolute atomic E-state index is 0.601. The zero-order valence-corrected chi connectivity index (χ0v) is 18.5. The van der Waals surface area contributed by atoms with Crippen molar-refractivity contribution in [1.29, 1.82) is 0 Å². The van der Waals surface area contributed by atoms with E-state index >= 15 is 0 Å². The minimum Gasteiger partial charge on any atom is -0.497 e. The molecule has 4 nitrogen and oxygen atoms in total. The number of para-hydroxylation sites is 2. The Morgan fingerprint density at radius 1 is 0.933 bits per heavy atom. The molecule has 3 rings (SSSR count). The summed E-state index contributed by atoms with van der Waals surface area (Å²) in [5, 5.41) is 4.04. The first-order chi connectivity index (χ1) is 14.6. The van der Waals surface area contributed by atoms with Crippen molar-refractivity contribution in [2.45, 2.75) is 26.9 Å². The zero-order chi connectivity index (χ0) is 21.3. The van der Waals surface area contributed by atoms with E-state index in [0.717, 1.165) is 22.7 Å². The molecule has 0 fully saturated rings. The first-order valence-corrected chi connectivity index (χ1v) is 10.5. The van der Waals surface area contributed by atoms with Crippen LogP contribution < -0.4 is 14.8 Å². The molecule has 1 N–H and O–H groups in total. The summed E-state index contributed by atoms with van der Waals surface area (Å²) in [6.07, 6.45) is 0. The summed E-state index contributed by atoms with van der Waals surface area (Å²) in [6, 6.07) is 24.3. The fourth-order valence-electron chi connectivity index (χ4n) is 3.19. The molecule has 0 spiro atoms. The molecule has 0 saturated heterocycles. The van der Waals surface area contributed by atoms with Gasteiger partial charge in [-0.1, -0.05) is 48.5 Å². The van der Waals surface area contributed by atoms with Crippen molar-refractivity contribution in [2.24, 2.45) is 0 Å². The van der Waals surface area contributed by atoms with E-state index in [-0.39, 0.29) is 0 Å². The number of nitrogens with zero attached hydrogens (tertiary/aromatic N) is 1. The van der Waals surface area contributed by atoms with Gasteiger partial charge in [0.25, 0.3) is 0 Å². The van der Waals surface area contributed by atoms with Gasteiger partial charge in [0, 0.05) is 13.1 Å². The fourth-order valence-corrected chi connectivity index (χ4v) is 3.43. The molecular weight excluding hydrogens is 392 g/mol. The number of thiocarbonyl (C=S) groups is 1. The molecule has 0 aliphatic heterocycles. The molecular formula is C25H28N2O2S. The number of anilines is 1. The van der Waals surface area contributed by atoms with Crippen LogP contribution in [0.1, 0.15) is 23.6 Å². The number of hydrogen-bond donors (Lipinski definition) is 1. The van der Waals surface area contributed by atoms with Crippen molar-refractivity contribution >= 4 is 23.0 Å². The molecule has 30 heavy (non-hydrogen) atoms. The lowest BCUT2D eigenvalue weighted by molar-refractivity contribution is 0.342. The Labute approximate surface area is 184 Å². The Kier molecular flexibility index (Phi) is 7.69. The van der Waals surface area contributed by atoms with Crippen LogP contribution in [0.25, 0.3) is 0 Å². The van der Waals surface area contributed by atoms with Gasteiger partial charge in [0.05, 0.1) is 19.4 Å². The maximum atomic E-state index is 5.83. The van der Waals surface area contributed by atoms with Crippen molar-refractivity contribution < 1.29 is 9.47 Å². The average molecular weight is 421 g/mol. The molecule has 0 bridgehead atoms. The largest absolute Gasteiger partial charge is 0.497 e. The van der Waals surface area contributed by atoms with Crippen LogP contribution in [0.2, 0.25) is 0 Å². The van der Waals surface area contributed by atoms with Gasteiger partial charge in [-0.15, -0.1) is 0 Å². The summed E-state index contributed by atoms with van der Waals surface area (Å²) >= 11 is 5.83. The molecule has 0 aliphatic carbocycles. The molecule has 0 radical (unpaired) electrons. The third-order valence-corrected chi connectivity index (χ3v) is 5.23. The summed E-state index contributed by atoms with van der Waals surface area (Å²) in [5.74, 6) is 1.64. The molecule has 156 valence electrons. The number of methoxy groups -OCH3 is 1. The second kappa shape index (κ2) is 10.6. The Hall–Kier alpha value is -3.05. The van der Waals surface area contributed by atoms with Gasteiger partial charge in [-0.05, 0) is 67.0 Å². The standard InChI is InChI=1S/C25H28N2O2S/c1-4-29-24-12-8-7-11-23(24)26-25(30)27(18-21-10-6-5-9-19(21)2)17-20-13-15-22(28-3)16-14-20/h5-16H,4,17-18H2,1-3H3,(H,26,30). The predicted molar refractivity (Wildman–Crippen MR) is 127 cm³/mol. The van der Waals surface area contributed by atoms with Gasteiger partial charge in [-0.3, -0.25) is 0 Å². The SMILES string of the molecule is CCOc1ccccc1NC(=S)N(Cc1ccc(OC)cc1)Cc1ccccc1C. The highest BCUT2D eigenvalue weighted by molar-refractivity contribution is 7.80. The molecule has 0 amide bonds. The van der Waals surface area contributed by atoms with E-state index in [2.05, 4.69) is 53.5 Å². The average Bonchev–Trinajstić information content (AvgIpc) is 2.76. The van der Waals surface area contributed by atoms with E-state index in [1.165, 1.54) is 11.1 Å². The predicted octanol–water partition coefficient (Wildman–Crippen LogP) is 5.80. The van der Waals surface area contributed by atoms with Crippen LogP contribution in [0.4, 0.5) is 5.69 Å². The van der Waals surface area contributed by atoms with Crippen LogP contribution in [-0.4, -0.2) is 23.7 Å². The maximum absolute atomic E-state index is 5.83. The first kappa shape index (κ1) is 21.7. The second-order valence-electron chi connectivity index (χ2n) is 6.99. The zero-order valence-electron chi connectivity index (χ0n) is 17.7. The van der Waals surface area contributed by atoms with Crippen LogP contribution in [0, 0.1) is 6.92 Å². The van der Waals surface area contributed by atoms with Crippen molar-refractivity contribution in [1.82, 2.24) is 4.90 Å². The van der Waals surface area contributed by atoms with Gasteiger partial charge in [-0.25, -0.2) is 0 Å². The number of nitrogens with one attached hydrogen (secondary N) is 1. The molecule has 3 aromatic rings. The van der Waals surface area contributed by atoms with E-state index in [1.54, 1.807) is 7.11 Å². The quantitative estimate of drug-likeness (QED) is 0.466. The number of hydrogen-bond acceptors (Lipinski definition) is 3. The molecule has 0 heterocycles. The number of rotatable bonds is 8. The molecule has 0 atom stereocenters. The normalized spacial score (nSPS) is 10.4. The summed E-state index contributed by atoms with van der Waals surface area (Å²) in [4.78, 5) is 2.17. The van der Waals surface area contributed by atoms with Gasteiger partial charge < -0.3 is 19.7 Å². The first-order valence-electron chi connectivity index (χ1n) is 10.1. The lowest BCUT2D eigenvalue weighted by Gasteiger charge is -2.27. The van der Waals surface area contributed by atoms with E-state index < -0.39 is 0 Å². The van der Waals surface area contributed by atoms with E-state index in [0.29, 0.717) is 24.8 Å². The lowest BCUT2D eigenvalue weighted by Crippen LogP contribution is -2.34. The Balaban J connectivity index is 1.84. The highest BCUT2D eigenvalue weighted by atomic mass is 32.1. The van der Waals surface area contributed by atoms with Gasteiger partial charge in [-0.2, -0.15) is 0 Å². The Morgan fingerprint density at radius 3 is 2.33 bits per heavy atom. The van der Waals surface area contributed by atoms with E-state index in [1.807, 2.05) is 43.3 Å². The summed E-state index contributed by atoms with van der Waals surface area (Å²) in [6.45, 7) is 6.09. The highest BCUT2D eigenvalue weighted by Crippen LogP contribution is 2.25. The third-order valence-electron chi connectivity index (χ3n) is 4.87. The van der Waals surface area contributed by atoms with Crippen LogP contribution in [-0.2, 0) is 13.1 Å². The third kappa shape index (κ3) is 5.74. The van der Waals surface area contributed by atoms with E-state index in [4.69, 9.17) is 21.7 Å². The molecule has 0 unspecified atom stereocenters. The number of ether oxygens (including phenoxy) is 2. The van der Waals surface area contributed by atoms with Gasteiger partial charge in [0.1, 0.15) is 11.5 Å². The molecule has 0 saturated carbocycles. The highest BCUT2D eigenvalue weighted by Gasteiger charge is 2.14. The second-order valence-corrected chi connectivity index (χ2v) is 7.38. The van der Waals surface area contributed by atoms with Crippen molar-refractivity contribution in [3.05, 3.63) is 89.5 Å². The van der Waals surface area contributed by atoms with Crippen molar-refractivity contribution in [3.63, 3.8) is 0 Å². The van der Waals surface area contributed by atoms with Gasteiger partial charge >= 0.3 is 0 Å². The topological polar surface area (TPSA) is 33.7 Å². The van der Waals surface area contributed by atoms with Crippen LogP contribution >= 0.6 is 12.2 Å². The summed E-state index contributed by atoms with van der Waals surface area (Å²) in [5.41, 5.74) is 4.52. The minimum atomic E-state index is 0.601. The van der Waals surface area contributed by atoms with Gasteiger partial charge in [0.15, 0.2) is 5.11 Å². The smallest absolute Gasteiger partial charge is 0.174 e. The molecule has 0 aliphatic rings. The van der Waals surface area contributed by atoms with Crippen LogP contribution in [0.3, 0.4) is 0 Å². The lowest BCUT2D eigenvalue weighted by atomic mass is 10.1. The summed E-state index contributed by atoms with van der Waals surface area (Å²) < 4.78 is 11.0.